The van der Waals surface area contributed by atoms with Gasteiger partial charge >= 0.3 is 5.76 Å². The summed E-state index contributed by atoms with van der Waals surface area (Å²) in [6, 6.07) is 9.26. The first-order valence-electron chi connectivity index (χ1n) is 6.31. The summed E-state index contributed by atoms with van der Waals surface area (Å²) in [4.78, 5) is 11.8. The molecule has 0 aliphatic carbocycles. The van der Waals surface area contributed by atoms with E-state index in [-0.39, 0.29) is 17.5 Å². The lowest BCUT2D eigenvalue weighted by Gasteiger charge is -2.02. The molecule has 0 bridgehead atoms. The fourth-order valence-electron chi connectivity index (χ4n) is 1.93. The van der Waals surface area contributed by atoms with E-state index < -0.39 is 17.4 Å². The van der Waals surface area contributed by atoms with Crippen LogP contribution >= 0.6 is 11.6 Å². The van der Waals surface area contributed by atoms with Crippen LogP contribution in [0, 0.1) is 11.6 Å². The molecule has 22 heavy (non-hydrogen) atoms. The average molecular weight is 323 g/mol. The minimum Gasteiger partial charge on any atom is -0.388 e. The molecule has 0 aliphatic heterocycles. The predicted octanol–water partition coefficient (Wildman–Crippen LogP) is 3.48. The van der Waals surface area contributed by atoms with Crippen LogP contribution in [0.25, 0.3) is 11.5 Å². The lowest BCUT2D eigenvalue weighted by molar-refractivity contribution is 0.495. The molecule has 1 heterocycles. The summed E-state index contributed by atoms with van der Waals surface area (Å²) in [5.74, 6) is -1.47. The van der Waals surface area contributed by atoms with Crippen LogP contribution in [0.4, 0.5) is 8.78 Å². The molecule has 3 rings (SSSR count). The number of benzene rings is 2. The number of aromatic nitrogens is 2. The minimum absolute atomic E-state index is 0.0443. The first-order chi connectivity index (χ1) is 10.5. The van der Waals surface area contributed by atoms with Gasteiger partial charge in [-0.05, 0) is 42.0 Å². The van der Waals surface area contributed by atoms with Gasteiger partial charge in [-0.1, -0.05) is 17.7 Å². The second-order valence-corrected chi connectivity index (χ2v) is 4.98. The first-order valence-corrected chi connectivity index (χ1v) is 6.68. The second kappa shape index (κ2) is 5.73. The fraction of sp³-hybridized carbons (Fsp3) is 0.0667. The van der Waals surface area contributed by atoms with E-state index in [0.717, 1.165) is 10.7 Å². The lowest BCUT2D eigenvalue weighted by atomic mass is 10.2. The molecule has 0 saturated carbocycles. The third-order valence-electron chi connectivity index (χ3n) is 3.03. The van der Waals surface area contributed by atoms with Crippen molar-refractivity contribution in [3.63, 3.8) is 0 Å². The van der Waals surface area contributed by atoms with Gasteiger partial charge in [0.25, 0.3) is 0 Å². The lowest BCUT2D eigenvalue weighted by Crippen LogP contribution is -2.16. The van der Waals surface area contributed by atoms with Gasteiger partial charge in [0.2, 0.25) is 5.89 Å². The maximum atomic E-state index is 13.0. The van der Waals surface area contributed by atoms with Crippen molar-refractivity contribution in [2.24, 2.45) is 0 Å². The zero-order valence-corrected chi connectivity index (χ0v) is 11.8. The van der Waals surface area contributed by atoms with Gasteiger partial charge in [0.15, 0.2) is 0 Å². The summed E-state index contributed by atoms with van der Waals surface area (Å²) in [7, 11) is 0. The molecule has 0 spiro atoms. The number of halogens is 3. The van der Waals surface area contributed by atoms with Crippen LogP contribution in [-0.2, 0) is 6.54 Å². The van der Waals surface area contributed by atoms with Gasteiger partial charge in [0.05, 0.1) is 6.54 Å². The van der Waals surface area contributed by atoms with E-state index in [1.807, 2.05) is 0 Å². The highest BCUT2D eigenvalue weighted by atomic mass is 35.5. The second-order valence-electron chi connectivity index (χ2n) is 4.57. The summed E-state index contributed by atoms with van der Waals surface area (Å²) in [6.45, 7) is 0.0443. The number of hydrogen-bond donors (Lipinski definition) is 0. The summed E-state index contributed by atoms with van der Waals surface area (Å²) >= 11 is 5.92. The van der Waals surface area contributed by atoms with Gasteiger partial charge in [-0.2, -0.15) is 4.68 Å². The van der Waals surface area contributed by atoms with Crippen molar-refractivity contribution in [2.75, 3.05) is 0 Å². The van der Waals surface area contributed by atoms with Crippen LogP contribution in [0.2, 0.25) is 5.02 Å². The molecule has 112 valence electrons. The van der Waals surface area contributed by atoms with Gasteiger partial charge in [-0.3, -0.25) is 0 Å². The molecule has 7 heteroatoms. The largest absolute Gasteiger partial charge is 0.437 e. The number of nitrogens with zero attached hydrogens (tertiary/aromatic N) is 2. The van der Waals surface area contributed by atoms with Crippen LogP contribution < -0.4 is 5.76 Å². The van der Waals surface area contributed by atoms with Crippen molar-refractivity contribution in [1.82, 2.24) is 9.78 Å². The quantitative estimate of drug-likeness (QED) is 0.741. The summed E-state index contributed by atoms with van der Waals surface area (Å²) in [6.07, 6.45) is 0. The Labute approximate surface area is 128 Å². The van der Waals surface area contributed by atoms with Gasteiger partial charge in [-0.25, -0.2) is 13.6 Å². The zero-order chi connectivity index (χ0) is 15.7. The van der Waals surface area contributed by atoms with E-state index in [0.29, 0.717) is 11.1 Å². The van der Waals surface area contributed by atoms with Crippen LogP contribution in [0.15, 0.2) is 51.7 Å². The third kappa shape index (κ3) is 2.92. The van der Waals surface area contributed by atoms with Crippen molar-refractivity contribution in [3.05, 3.63) is 75.2 Å². The molecule has 3 aromatic rings. The van der Waals surface area contributed by atoms with Gasteiger partial charge in [0.1, 0.15) is 11.6 Å². The predicted molar refractivity (Wildman–Crippen MR) is 76.7 cm³/mol. The van der Waals surface area contributed by atoms with Crippen LogP contribution in [0.1, 0.15) is 5.56 Å². The van der Waals surface area contributed by atoms with Crippen LogP contribution in [-0.4, -0.2) is 9.78 Å². The Kier molecular flexibility index (Phi) is 3.77. The topological polar surface area (TPSA) is 48.0 Å². The highest BCUT2D eigenvalue weighted by molar-refractivity contribution is 6.31. The minimum atomic E-state index is -0.681. The Bertz CT molecular complexity index is 872. The van der Waals surface area contributed by atoms with Crippen molar-refractivity contribution >= 4 is 11.6 Å². The smallest absolute Gasteiger partial charge is 0.388 e. The van der Waals surface area contributed by atoms with Crippen LogP contribution in [0.3, 0.4) is 0 Å². The first kappa shape index (κ1) is 14.5. The standard InChI is InChI=1S/C15H9ClF2N2O2/c16-13-7-12(18)6-3-10(13)8-20-15(21)22-14(19-20)9-1-4-11(17)5-2-9/h1-7H,8H2. The molecule has 0 saturated heterocycles. The van der Waals surface area contributed by atoms with Crippen molar-refractivity contribution < 1.29 is 13.2 Å². The molecule has 1 aromatic heterocycles. The highest BCUT2D eigenvalue weighted by Crippen LogP contribution is 2.19. The highest BCUT2D eigenvalue weighted by Gasteiger charge is 2.12. The maximum Gasteiger partial charge on any atom is 0.437 e. The summed E-state index contributed by atoms with van der Waals surface area (Å²) in [5.41, 5.74) is 1.01. The van der Waals surface area contributed by atoms with Gasteiger partial charge < -0.3 is 4.42 Å². The van der Waals surface area contributed by atoms with Crippen molar-refractivity contribution in [3.8, 4) is 11.5 Å². The normalized spacial score (nSPS) is 10.9. The van der Waals surface area contributed by atoms with E-state index >= 15 is 0 Å². The zero-order valence-electron chi connectivity index (χ0n) is 11.1. The third-order valence-corrected chi connectivity index (χ3v) is 3.38. The molecule has 0 fully saturated rings. The monoisotopic (exact) mass is 322 g/mol. The Hall–Kier alpha value is -2.47. The van der Waals surface area contributed by atoms with Crippen molar-refractivity contribution in [1.29, 1.82) is 0 Å². The summed E-state index contributed by atoms with van der Waals surface area (Å²) in [5, 5.41) is 4.22. The molecule has 0 atom stereocenters. The molecule has 0 amide bonds. The Morgan fingerprint density at radius 1 is 1.09 bits per heavy atom. The fourth-order valence-corrected chi connectivity index (χ4v) is 2.15. The van der Waals surface area contributed by atoms with E-state index in [4.69, 9.17) is 16.0 Å². The molecule has 4 nitrogen and oxygen atoms in total. The molecule has 0 aliphatic rings. The molecule has 0 radical (unpaired) electrons. The average Bonchev–Trinajstić information content (AvgIpc) is 2.84. The molecule has 0 N–H and O–H groups in total. The van der Waals surface area contributed by atoms with Crippen LogP contribution in [0.5, 0.6) is 0 Å². The molecule has 2 aromatic carbocycles. The SMILES string of the molecule is O=c1oc(-c2ccc(F)cc2)nn1Cc1ccc(F)cc1Cl. The molecular formula is C15H9ClF2N2O2. The summed E-state index contributed by atoms with van der Waals surface area (Å²) < 4.78 is 32.0. The van der Waals surface area contributed by atoms with E-state index in [1.54, 1.807) is 0 Å². The van der Waals surface area contributed by atoms with Gasteiger partial charge in [-0.15, -0.1) is 5.10 Å². The number of hydrogen-bond acceptors (Lipinski definition) is 3. The Balaban J connectivity index is 1.92. The molecular weight excluding hydrogens is 314 g/mol. The maximum absolute atomic E-state index is 13.0. The van der Waals surface area contributed by atoms with E-state index in [2.05, 4.69) is 5.10 Å². The number of rotatable bonds is 3. The van der Waals surface area contributed by atoms with Gasteiger partial charge in [0, 0.05) is 10.6 Å². The van der Waals surface area contributed by atoms with E-state index in [9.17, 15) is 13.6 Å². The Morgan fingerprint density at radius 3 is 2.45 bits per heavy atom. The van der Waals surface area contributed by atoms with E-state index in [1.165, 1.54) is 36.4 Å². The van der Waals surface area contributed by atoms with Crippen molar-refractivity contribution in [2.45, 2.75) is 6.54 Å². The Morgan fingerprint density at radius 2 is 1.77 bits per heavy atom. The molecule has 0 unspecified atom stereocenters.